The van der Waals surface area contributed by atoms with Gasteiger partial charge in [-0.15, -0.1) is 10.2 Å². The number of nitrogens with one attached hydrogen (secondary N) is 2. The lowest BCUT2D eigenvalue weighted by molar-refractivity contribution is 0.122. The normalized spacial score (nSPS) is 17.5. The zero-order chi connectivity index (χ0) is 23.9. The Bertz CT molecular complexity index is 1420. The average molecular weight is 507 g/mol. The Hall–Kier alpha value is -2.98. The van der Waals surface area contributed by atoms with E-state index in [0.29, 0.717) is 43.2 Å². The predicted molar refractivity (Wildman–Crippen MR) is 121 cm³/mol. The number of hydrogen-bond donors (Lipinski definition) is 3. The van der Waals surface area contributed by atoms with Crippen LogP contribution in [0.25, 0.3) is 22.5 Å². The minimum Gasteiger partial charge on any atom is -0.378 e. The number of sulfonamides is 1. The molecule has 0 saturated carbocycles. The van der Waals surface area contributed by atoms with Crippen LogP contribution in [0.15, 0.2) is 40.3 Å². The highest BCUT2D eigenvalue weighted by molar-refractivity contribution is 7.94. The van der Waals surface area contributed by atoms with Crippen molar-refractivity contribution in [2.24, 2.45) is 5.14 Å². The molecule has 180 valence electrons. The average Bonchev–Trinajstić information content (AvgIpc) is 3.31. The Balaban J connectivity index is 1.81. The molecule has 34 heavy (non-hydrogen) atoms. The van der Waals surface area contributed by atoms with Crippen LogP contribution in [0.2, 0.25) is 0 Å². The highest BCUT2D eigenvalue weighted by Gasteiger charge is 2.39. The number of H-pyrrole nitrogens is 1. The van der Waals surface area contributed by atoms with Crippen molar-refractivity contribution in [1.29, 1.82) is 0 Å². The third kappa shape index (κ3) is 3.94. The first-order valence-electron chi connectivity index (χ1n) is 10.4. The third-order valence-electron chi connectivity index (χ3n) is 5.85. The topological polar surface area (TPSA) is 186 Å². The van der Waals surface area contributed by atoms with Gasteiger partial charge >= 0.3 is 0 Å². The van der Waals surface area contributed by atoms with E-state index in [4.69, 9.17) is 9.88 Å². The lowest BCUT2D eigenvalue weighted by atomic mass is 9.99. The van der Waals surface area contributed by atoms with Crippen LogP contribution in [0.5, 0.6) is 0 Å². The first-order valence-corrected chi connectivity index (χ1v) is 13.5. The van der Waals surface area contributed by atoms with Crippen molar-refractivity contribution < 1.29 is 21.6 Å². The summed E-state index contributed by atoms with van der Waals surface area (Å²) >= 11 is 0. The number of nitrogens with zero attached hydrogens (tertiary/aromatic N) is 5. The van der Waals surface area contributed by atoms with Gasteiger partial charge in [0.2, 0.25) is 15.8 Å². The van der Waals surface area contributed by atoms with Crippen LogP contribution >= 0.6 is 0 Å². The van der Waals surface area contributed by atoms with Gasteiger partial charge in [-0.3, -0.25) is 0 Å². The summed E-state index contributed by atoms with van der Waals surface area (Å²) < 4.78 is 57.8. The molecule has 13 nitrogen and oxygen atoms in total. The van der Waals surface area contributed by atoms with Gasteiger partial charge in [0.1, 0.15) is 10.7 Å². The fourth-order valence-corrected chi connectivity index (χ4v) is 7.26. The van der Waals surface area contributed by atoms with Crippen LogP contribution < -0.4 is 15.4 Å². The molecule has 4 heterocycles. The maximum atomic E-state index is 13.3. The van der Waals surface area contributed by atoms with Crippen LogP contribution in [0.4, 0.5) is 5.82 Å². The molecule has 0 amide bonds. The van der Waals surface area contributed by atoms with Gasteiger partial charge in [-0.1, -0.05) is 6.07 Å². The minimum absolute atomic E-state index is 0.0490. The number of aromatic amines is 1. The van der Waals surface area contributed by atoms with Gasteiger partial charge < -0.3 is 15.0 Å². The van der Waals surface area contributed by atoms with Crippen molar-refractivity contribution in [3.8, 4) is 22.5 Å². The van der Waals surface area contributed by atoms with Gasteiger partial charge in [0, 0.05) is 37.9 Å². The van der Waals surface area contributed by atoms with Crippen molar-refractivity contribution in [2.75, 3.05) is 44.3 Å². The van der Waals surface area contributed by atoms with Crippen LogP contribution in [-0.4, -0.2) is 87.1 Å². The summed E-state index contributed by atoms with van der Waals surface area (Å²) in [4.78, 5) is 5.58. The summed E-state index contributed by atoms with van der Waals surface area (Å²) in [7, 11) is -8.54. The van der Waals surface area contributed by atoms with Crippen LogP contribution in [-0.2, 0) is 24.6 Å². The summed E-state index contributed by atoms with van der Waals surface area (Å²) in [6.07, 6.45) is 1.63. The largest absolute Gasteiger partial charge is 0.378 e. The fraction of sp³-hybridized carbons (Fsp3) is 0.368. The number of nitrogens with two attached hydrogens (primary N) is 1. The molecule has 2 saturated heterocycles. The van der Waals surface area contributed by atoms with Crippen LogP contribution in [0.1, 0.15) is 0 Å². The second-order valence-electron chi connectivity index (χ2n) is 7.90. The molecule has 3 aromatic rings. The van der Waals surface area contributed by atoms with E-state index in [2.05, 4.69) is 30.9 Å². The molecule has 0 radical (unpaired) electrons. The van der Waals surface area contributed by atoms with Gasteiger partial charge in [0.15, 0.2) is 9.84 Å². The number of morpholine rings is 1. The Kier molecular flexibility index (Phi) is 5.81. The molecule has 0 bridgehead atoms. The zero-order valence-corrected chi connectivity index (χ0v) is 19.5. The molecule has 4 N–H and O–H groups in total. The van der Waals surface area contributed by atoms with Crippen molar-refractivity contribution >= 4 is 25.7 Å². The SMILES string of the molecule is NS(=O)(=O)c1c(S(=O)(=O)C2CNC2)ccc(-c2cccnc2N2CCOCC2)c1-c1nn[nH]n1. The van der Waals surface area contributed by atoms with Crippen LogP contribution in [0, 0.1) is 0 Å². The molecule has 1 aromatic carbocycles. The Labute approximate surface area is 195 Å². The van der Waals surface area contributed by atoms with E-state index < -0.39 is 30.0 Å². The molecule has 0 unspecified atom stereocenters. The maximum Gasteiger partial charge on any atom is 0.240 e. The number of anilines is 1. The van der Waals surface area contributed by atoms with E-state index in [0.717, 1.165) is 0 Å². The molecular formula is C19H22N8O5S2. The highest BCUT2D eigenvalue weighted by Crippen LogP contribution is 2.42. The Morgan fingerprint density at radius 1 is 1.06 bits per heavy atom. The quantitative estimate of drug-likeness (QED) is 0.378. The molecule has 5 rings (SSSR count). The monoisotopic (exact) mass is 506 g/mol. The van der Waals surface area contributed by atoms with Crippen molar-refractivity contribution in [3.05, 3.63) is 30.5 Å². The Morgan fingerprint density at radius 2 is 1.82 bits per heavy atom. The van der Waals surface area contributed by atoms with E-state index in [1.54, 1.807) is 24.4 Å². The number of pyridine rings is 1. The van der Waals surface area contributed by atoms with Crippen molar-refractivity contribution in [3.63, 3.8) is 0 Å². The first-order chi connectivity index (χ1) is 16.3. The second-order valence-corrected chi connectivity index (χ2v) is 11.6. The van der Waals surface area contributed by atoms with Crippen molar-refractivity contribution in [2.45, 2.75) is 15.0 Å². The summed E-state index contributed by atoms with van der Waals surface area (Å²) in [5.41, 5.74) is 0.890. The van der Waals surface area contributed by atoms with Gasteiger partial charge in [0.05, 0.1) is 28.9 Å². The van der Waals surface area contributed by atoms with Gasteiger partial charge in [-0.2, -0.15) is 5.21 Å². The first kappa shape index (κ1) is 22.8. The molecule has 2 aliphatic rings. The molecule has 15 heteroatoms. The number of tetrazole rings is 1. The van der Waals surface area contributed by atoms with E-state index in [-0.39, 0.29) is 29.4 Å². The Morgan fingerprint density at radius 3 is 2.44 bits per heavy atom. The molecular weight excluding hydrogens is 484 g/mol. The number of benzene rings is 1. The fourth-order valence-electron chi connectivity index (χ4n) is 4.08. The zero-order valence-electron chi connectivity index (χ0n) is 17.9. The maximum absolute atomic E-state index is 13.3. The van der Waals surface area contributed by atoms with Crippen molar-refractivity contribution in [1.82, 2.24) is 30.9 Å². The number of rotatable bonds is 6. The summed E-state index contributed by atoms with van der Waals surface area (Å²) in [5, 5.41) is 21.5. The molecule has 0 spiro atoms. The van der Waals surface area contributed by atoms with E-state index >= 15 is 0 Å². The smallest absolute Gasteiger partial charge is 0.240 e. The second kappa shape index (κ2) is 8.66. The molecule has 0 aliphatic carbocycles. The molecule has 2 fully saturated rings. The van der Waals surface area contributed by atoms with Gasteiger partial charge in [-0.25, -0.2) is 27.0 Å². The molecule has 0 atom stereocenters. The lowest BCUT2D eigenvalue weighted by Crippen LogP contribution is -2.51. The van der Waals surface area contributed by atoms with E-state index in [1.807, 2.05) is 4.90 Å². The third-order valence-corrected chi connectivity index (χ3v) is 9.14. The minimum atomic E-state index is -4.53. The predicted octanol–water partition coefficient (Wildman–Crippen LogP) is -0.842. The van der Waals surface area contributed by atoms with E-state index in [1.165, 1.54) is 6.07 Å². The number of sulfone groups is 1. The number of hydrogen-bond acceptors (Lipinski definition) is 11. The summed E-state index contributed by atoms with van der Waals surface area (Å²) in [5.74, 6) is 0.495. The van der Waals surface area contributed by atoms with Gasteiger partial charge in [-0.05, 0) is 29.0 Å². The van der Waals surface area contributed by atoms with E-state index in [9.17, 15) is 16.8 Å². The lowest BCUT2D eigenvalue weighted by Gasteiger charge is -2.30. The highest BCUT2D eigenvalue weighted by atomic mass is 32.2. The number of ether oxygens (including phenoxy) is 1. The number of aromatic nitrogens is 5. The summed E-state index contributed by atoms with van der Waals surface area (Å²) in [6.45, 7) is 2.64. The van der Waals surface area contributed by atoms with Gasteiger partial charge in [0.25, 0.3) is 0 Å². The molecule has 2 aromatic heterocycles. The number of primary sulfonamides is 1. The standard InChI is InChI=1S/C19H22N8O5S2/c20-34(30,31)17-15(33(28,29)12-10-21-11-12)4-3-13(16(17)18-23-25-26-24-18)14-2-1-5-22-19(14)27-6-8-32-9-7-27/h1-5,12,21H,6-11H2,(H2,20,30,31)(H,23,24,25,26). The summed E-state index contributed by atoms with van der Waals surface area (Å²) in [6, 6.07) is 6.30. The molecule has 2 aliphatic heterocycles. The van der Waals surface area contributed by atoms with Crippen LogP contribution in [0.3, 0.4) is 0 Å².